The van der Waals surface area contributed by atoms with Crippen molar-refractivity contribution in [3.63, 3.8) is 0 Å². The molecular formula is C6CoFeN6. The van der Waals surface area contributed by atoms with Crippen LogP contribution in [-0.2, 0) is 27.6 Å². The van der Waals surface area contributed by atoms with Crippen LogP contribution in [0.5, 0.6) is 0 Å². The van der Waals surface area contributed by atoms with E-state index in [1.807, 2.05) is 0 Å². The van der Waals surface area contributed by atoms with Gasteiger partial charge in [0.25, 0.3) is 0 Å². The smallest absolute Gasteiger partial charge is 3.00 e. The number of rotatable bonds is 0. The Morgan fingerprint density at radius 3 is 0.643 bits per heavy atom. The van der Waals surface area contributed by atoms with Crippen LogP contribution in [0.4, 0.5) is 0 Å². The topological polar surface area (TPSA) is 143 Å². The molecule has 14 heavy (non-hydrogen) atoms. The molecule has 71 valence electrons. The van der Waals surface area contributed by atoms with Crippen molar-refractivity contribution in [1.29, 1.82) is 31.6 Å². The minimum Gasteiger partial charge on any atom is 3.00 e. The number of hydrogen-bond acceptors (Lipinski definition) is 6. The fraction of sp³-hybridized carbons (Fsp3) is 0. The predicted molar refractivity (Wildman–Crippen MR) is 33.7 cm³/mol. The predicted octanol–water partition coefficient (Wildman–Crippen LogP) is 0.0957. The van der Waals surface area contributed by atoms with Gasteiger partial charge in [-0.2, -0.15) is 0 Å². The maximum absolute atomic E-state index is 8.58. The summed E-state index contributed by atoms with van der Waals surface area (Å²) in [5.74, 6) is 0. The van der Waals surface area contributed by atoms with Gasteiger partial charge in [0.1, 0.15) is 0 Å². The zero-order chi connectivity index (χ0) is 10.7. The molecule has 0 fully saturated rings. The largest absolute Gasteiger partial charge is 3.00 e. The minimum atomic E-state index is -6.03. The molecule has 0 aliphatic rings. The SMILES string of the molecule is N#[C][Co-3]([C]#N)([C]#N)([C]#N)([C]#N)[C]#N.[Fe+3]. The Bertz CT molecular complexity index is 392. The fourth-order valence-corrected chi connectivity index (χ4v) is 1.03. The van der Waals surface area contributed by atoms with Crippen molar-refractivity contribution < 1.29 is 27.6 Å². The number of hydrogen-bond donors (Lipinski definition) is 0. The second kappa shape index (κ2) is 3.03. The molecule has 0 aliphatic carbocycles. The van der Waals surface area contributed by atoms with Crippen molar-refractivity contribution in [2.45, 2.75) is 0 Å². The zero-order valence-electron chi connectivity index (χ0n) is 6.37. The minimum absolute atomic E-state index is 0. The van der Waals surface area contributed by atoms with Crippen molar-refractivity contribution in [3.05, 3.63) is 0 Å². The summed E-state index contributed by atoms with van der Waals surface area (Å²) in [4.78, 5) is 0. The Labute approximate surface area is 89.2 Å². The third-order valence-corrected chi connectivity index (χ3v) is 4.61. The first kappa shape index (κ1) is 14.5. The zero-order valence-corrected chi connectivity index (χ0v) is 8.52. The van der Waals surface area contributed by atoms with E-state index in [2.05, 4.69) is 0 Å². The van der Waals surface area contributed by atoms with E-state index in [9.17, 15) is 0 Å². The summed E-state index contributed by atoms with van der Waals surface area (Å²) in [6, 6.07) is 0. The molecule has 0 aromatic rings. The van der Waals surface area contributed by atoms with Gasteiger partial charge in [0.2, 0.25) is 0 Å². The van der Waals surface area contributed by atoms with Crippen LogP contribution in [0.2, 0.25) is 0 Å². The molecule has 8 heteroatoms. The average Bonchev–Trinajstić information content (AvgIpc) is 2.26. The molecule has 0 heterocycles. The van der Waals surface area contributed by atoms with Gasteiger partial charge in [-0.15, -0.1) is 0 Å². The summed E-state index contributed by atoms with van der Waals surface area (Å²) in [5.41, 5.74) is 0. The molecular weight excluding hydrogens is 271 g/mol. The summed E-state index contributed by atoms with van der Waals surface area (Å²) < 4.78 is 0. The maximum atomic E-state index is 8.58. The van der Waals surface area contributed by atoms with Gasteiger partial charge in [-0.25, -0.2) is 0 Å². The average molecular weight is 271 g/mol. The maximum Gasteiger partial charge on any atom is 3.00 e. The molecule has 0 spiro atoms. The molecule has 0 saturated carbocycles. The molecule has 1 radical (unpaired) electrons. The summed E-state index contributed by atoms with van der Waals surface area (Å²) in [7, 11) is -6.03. The van der Waals surface area contributed by atoms with Crippen LogP contribution in [0.1, 0.15) is 0 Å². The standard InChI is InChI=1S/6CN.Co.Fe/c6*1-2;;/q;;;;;;-3;+3. The van der Waals surface area contributed by atoms with Crippen molar-refractivity contribution in [3.8, 4) is 30.0 Å². The van der Waals surface area contributed by atoms with Crippen LogP contribution in [0.25, 0.3) is 0 Å². The Kier molecular flexibility index (Phi) is 3.13. The van der Waals surface area contributed by atoms with Crippen LogP contribution in [0, 0.1) is 61.6 Å². The molecule has 0 atom stereocenters. The van der Waals surface area contributed by atoms with Crippen LogP contribution in [0.15, 0.2) is 0 Å². The fourth-order valence-electron chi connectivity index (χ4n) is 0.250. The second-order valence-corrected chi connectivity index (χ2v) is 7.00. The first-order valence-corrected chi connectivity index (χ1v) is 5.46. The van der Waals surface area contributed by atoms with Gasteiger partial charge in [0.05, 0.1) is 0 Å². The molecule has 0 bridgehead atoms. The van der Waals surface area contributed by atoms with E-state index >= 15 is 0 Å². The van der Waals surface area contributed by atoms with E-state index in [4.69, 9.17) is 31.6 Å². The first-order chi connectivity index (χ1) is 5.97. The van der Waals surface area contributed by atoms with Crippen LogP contribution in [-0.4, -0.2) is 0 Å². The third-order valence-electron chi connectivity index (χ3n) is 1.12. The molecule has 0 aromatic heterocycles. The summed E-state index contributed by atoms with van der Waals surface area (Å²) in [6.07, 6.45) is 0. The van der Waals surface area contributed by atoms with Gasteiger partial charge in [-0.1, -0.05) is 0 Å². The van der Waals surface area contributed by atoms with Gasteiger partial charge in [0.15, 0.2) is 0 Å². The van der Waals surface area contributed by atoms with Gasteiger partial charge in [-0.3, -0.25) is 0 Å². The Balaban J connectivity index is 0. The molecule has 0 unspecified atom stereocenters. The monoisotopic (exact) mass is 271 g/mol. The molecule has 0 rings (SSSR count). The molecule has 6 nitrogen and oxygen atoms in total. The van der Waals surface area contributed by atoms with Crippen molar-refractivity contribution in [1.82, 2.24) is 0 Å². The van der Waals surface area contributed by atoms with E-state index in [-0.39, 0.29) is 17.1 Å². The van der Waals surface area contributed by atoms with Gasteiger partial charge >= 0.3 is 89.2 Å². The van der Waals surface area contributed by atoms with Crippen molar-refractivity contribution in [2.24, 2.45) is 0 Å². The van der Waals surface area contributed by atoms with E-state index < -0.39 is 10.5 Å². The van der Waals surface area contributed by atoms with Crippen LogP contribution < -0.4 is 0 Å². The number of nitriles is 6. The second-order valence-electron chi connectivity index (χ2n) is 1.70. The number of nitrogens with zero attached hydrogens (tertiary/aromatic N) is 6. The van der Waals surface area contributed by atoms with Gasteiger partial charge < -0.3 is 0 Å². The van der Waals surface area contributed by atoms with Crippen LogP contribution in [0.3, 0.4) is 0 Å². The quantitative estimate of drug-likeness (QED) is 0.571. The molecule has 0 amide bonds. The van der Waals surface area contributed by atoms with E-state index in [0.29, 0.717) is 0 Å². The first-order valence-electron chi connectivity index (χ1n) is 2.34. The van der Waals surface area contributed by atoms with Gasteiger partial charge in [0, 0.05) is 0 Å². The van der Waals surface area contributed by atoms with Gasteiger partial charge in [-0.05, 0) is 0 Å². The van der Waals surface area contributed by atoms with E-state index in [0.717, 1.165) is 30.0 Å². The molecule has 0 N–H and O–H groups in total. The Morgan fingerprint density at radius 1 is 0.500 bits per heavy atom. The summed E-state index contributed by atoms with van der Waals surface area (Å²) >= 11 is 0. The van der Waals surface area contributed by atoms with E-state index in [1.54, 1.807) is 0 Å². The normalized spacial score (nSPS) is 12.4. The Morgan fingerprint density at radius 2 is 0.643 bits per heavy atom. The van der Waals surface area contributed by atoms with Crippen LogP contribution >= 0.6 is 0 Å². The van der Waals surface area contributed by atoms with Crippen molar-refractivity contribution in [2.75, 3.05) is 0 Å². The van der Waals surface area contributed by atoms with E-state index in [1.165, 1.54) is 0 Å². The molecule has 0 aromatic carbocycles. The summed E-state index contributed by atoms with van der Waals surface area (Å²) in [6.45, 7) is 0. The van der Waals surface area contributed by atoms with Crippen molar-refractivity contribution >= 4 is 0 Å². The molecule has 0 aliphatic heterocycles. The third kappa shape index (κ3) is 1.02. The Hall–Kier alpha value is -2.03. The molecule has 0 saturated heterocycles. The summed E-state index contributed by atoms with van der Waals surface area (Å²) in [5, 5.41) is 57.6.